The van der Waals surface area contributed by atoms with Crippen LogP contribution in [0.3, 0.4) is 0 Å². The highest BCUT2D eigenvalue weighted by Crippen LogP contribution is 2.06. The molecule has 72 valence electrons. The second kappa shape index (κ2) is 3.89. The molecule has 1 unspecified atom stereocenters. The van der Waals surface area contributed by atoms with Crippen molar-refractivity contribution in [1.82, 2.24) is 15.4 Å². The Morgan fingerprint density at radius 3 is 3.38 bits per heavy atom. The van der Waals surface area contributed by atoms with Gasteiger partial charge in [0.15, 0.2) is 5.76 Å². The molecule has 1 fully saturated rings. The summed E-state index contributed by atoms with van der Waals surface area (Å²) in [5, 5.41) is 7.09. The third-order valence-electron chi connectivity index (χ3n) is 2.32. The van der Waals surface area contributed by atoms with Gasteiger partial charge >= 0.3 is 0 Å². The summed E-state index contributed by atoms with van der Waals surface area (Å²) in [6, 6.07) is 2.50. The molecule has 1 N–H and O–H groups in total. The van der Waals surface area contributed by atoms with Crippen LogP contribution in [0.5, 0.6) is 0 Å². The quantitative estimate of drug-likeness (QED) is 0.720. The van der Waals surface area contributed by atoms with E-state index in [0.29, 0.717) is 6.04 Å². The Kier molecular flexibility index (Phi) is 2.61. The van der Waals surface area contributed by atoms with Gasteiger partial charge in [0, 0.05) is 31.7 Å². The lowest BCUT2D eigenvalue weighted by atomic mass is 10.2. The third kappa shape index (κ3) is 2.29. The van der Waals surface area contributed by atoms with Gasteiger partial charge in [-0.2, -0.15) is 0 Å². The van der Waals surface area contributed by atoms with Gasteiger partial charge in [-0.1, -0.05) is 5.16 Å². The number of nitrogens with zero attached hydrogens (tertiary/aromatic N) is 2. The molecular weight excluding hydrogens is 166 g/mol. The molecule has 13 heavy (non-hydrogen) atoms. The average molecular weight is 181 g/mol. The summed E-state index contributed by atoms with van der Waals surface area (Å²) in [5.74, 6) is 0.953. The highest BCUT2D eigenvalue weighted by Gasteiger charge is 2.16. The molecule has 0 bridgehead atoms. The lowest BCUT2D eigenvalue weighted by Crippen LogP contribution is -2.48. The lowest BCUT2D eigenvalue weighted by molar-refractivity contribution is 0.180. The van der Waals surface area contributed by atoms with Crippen LogP contribution in [0.4, 0.5) is 0 Å². The Bertz CT molecular complexity index is 247. The Labute approximate surface area is 77.9 Å². The van der Waals surface area contributed by atoms with Crippen LogP contribution in [0.15, 0.2) is 16.8 Å². The molecular formula is C9H15N3O. The van der Waals surface area contributed by atoms with Gasteiger partial charge in [0.2, 0.25) is 0 Å². The van der Waals surface area contributed by atoms with E-state index < -0.39 is 0 Å². The summed E-state index contributed by atoms with van der Waals surface area (Å²) in [6.07, 6.45) is 1.70. The van der Waals surface area contributed by atoms with Gasteiger partial charge in [0.05, 0.1) is 12.7 Å². The van der Waals surface area contributed by atoms with Crippen LogP contribution in [0.2, 0.25) is 0 Å². The van der Waals surface area contributed by atoms with E-state index in [1.807, 2.05) is 6.07 Å². The van der Waals surface area contributed by atoms with Gasteiger partial charge in [0.1, 0.15) is 0 Å². The van der Waals surface area contributed by atoms with Crippen molar-refractivity contribution in [1.29, 1.82) is 0 Å². The minimum absolute atomic E-state index is 0.580. The zero-order valence-electron chi connectivity index (χ0n) is 7.86. The monoisotopic (exact) mass is 181 g/mol. The zero-order chi connectivity index (χ0) is 9.10. The summed E-state index contributed by atoms with van der Waals surface area (Å²) in [6.45, 7) is 6.32. The predicted octanol–water partition coefficient (Wildman–Crippen LogP) is 0.468. The Hall–Kier alpha value is -0.870. The maximum Gasteiger partial charge on any atom is 0.150 e. The van der Waals surface area contributed by atoms with Crippen molar-refractivity contribution >= 4 is 0 Å². The average Bonchev–Trinajstić information content (AvgIpc) is 2.57. The van der Waals surface area contributed by atoms with Crippen LogP contribution in [0.25, 0.3) is 0 Å². The largest absolute Gasteiger partial charge is 0.360 e. The summed E-state index contributed by atoms with van der Waals surface area (Å²) >= 11 is 0. The van der Waals surface area contributed by atoms with E-state index in [-0.39, 0.29) is 0 Å². The van der Waals surface area contributed by atoms with Crippen molar-refractivity contribution < 1.29 is 4.52 Å². The molecule has 1 aliphatic heterocycles. The van der Waals surface area contributed by atoms with Crippen molar-refractivity contribution in [3.05, 3.63) is 18.0 Å². The Morgan fingerprint density at radius 2 is 2.69 bits per heavy atom. The van der Waals surface area contributed by atoms with Gasteiger partial charge < -0.3 is 9.84 Å². The third-order valence-corrected chi connectivity index (χ3v) is 2.32. The van der Waals surface area contributed by atoms with Gasteiger partial charge in [-0.05, 0) is 6.92 Å². The van der Waals surface area contributed by atoms with E-state index in [0.717, 1.165) is 31.9 Å². The molecule has 4 nitrogen and oxygen atoms in total. The van der Waals surface area contributed by atoms with Crippen LogP contribution in [-0.2, 0) is 6.54 Å². The van der Waals surface area contributed by atoms with Crippen LogP contribution in [-0.4, -0.2) is 35.7 Å². The van der Waals surface area contributed by atoms with Crippen molar-refractivity contribution in [3.63, 3.8) is 0 Å². The number of hydrogen-bond donors (Lipinski definition) is 1. The second-order valence-electron chi connectivity index (χ2n) is 3.57. The fourth-order valence-corrected chi connectivity index (χ4v) is 1.70. The number of nitrogens with one attached hydrogen (secondary N) is 1. The summed E-state index contributed by atoms with van der Waals surface area (Å²) in [7, 11) is 0. The van der Waals surface area contributed by atoms with Crippen molar-refractivity contribution in [2.45, 2.75) is 19.5 Å². The molecule has 2 rings (SSSR count). The van der Waals surface area contributed by atoms with Gasteiger partial charge in [-0.3, -0.25) is 4.90 Å². The smallest absolute Gasteiger partial charge is 0.150 e. The maximum atomic E-state index is 5.06. The maximum absolute atomic E-state index is 5.06. The van der Waals surface area contributed by atoms with E-state index in [2.05, 4.69) is 22.3 Å². The van der Waals surface area contributed by atoms with Crippen LogP contribution >= 0.6 is 0 Å². The van der Waals surface area contributed by atoms with E-state index in [1.54, 1.807) is 6.20 Å². The molecule has 1 aliphatic rings. The van der Waals surface area contributed by atoms with Crippen LogP contribution in [0, 0.1) is 0 Å². The molecule has 1 aromatic rings. The van der Waals surface area contributed by atoms with Crippen LogP contribution in [0.1, 0.15) is 12.7 Å². The summed E-state index contributed by atoms with van der Waals surface area (Å²) in [4.78, 5) is 2.38. The minimum atomic E-state index is 0.580. The van der Waals surface area contributed by atoms with Crippen LogP contribution < -0.4 is 5.32 Å². The van der Waals surface area contributed by atoms with E-state index in [1.165, 1.54) is 0 Å². The molecule has 0 radical (unpaired) electrons. The summed E-state index contributed by atoms with van der Waals surface area (Å²) in [5.41, 5.74) is 0. The molecule has 1 aromatic heterocycles. The van der Waals surface area contributed by atoms with Gasteiger partial charge in [-0.15, -0.1) is 0 Å². The molecule has 0 spiro atoms. The van der Waals surface area contributed by atoms with Crippen molar-refractivity contribution in [2.24, 2.45) is 0 Å². The normalized spacial score (nSPS) is 24.8. The predicted molar refractivity (Wildman–Crippen MR) is 49.2 cm³/mol. The SMILES string of the molecule is CC1CN(Cc2ccno2)CCN1. The van der Waals surface area contributed by atoms with E-state index >= 15 is 0 Å². The molecule has 4 heteroatoms. The number of aromatic nitrogens is 1. The van der Waals surface area contributed by atoms with Crippen molar-refractivity contribution in [2.75, 3.05) is 19.6 Å². The lowest BCUT2D eigenvalue weighted by Gasteiger charge is -2.30. The Balaban J connectivity index is 1.87. The molecule has 0 aromatic carbocycles. The topological polar surface area (TPSA) is 41.3 Å². The highest BCUT2D eigenvalue weighted by atomic mass is 16.5. The second-order valence-corrected chi connectivity index (χ2v) is 3.57. The minimum Gasteiger partial charge on any atom is -0.360 e. The van der Waals surface area contributed by atoms with E-state index in [4.69, 9.17) is 4.52 Å². The van der Waals surface area contributed by atoms with Gasteiger partial charge in [-0.25, -0.2) is 0 Å². The molecule has 1 saturated heterocycles. The fourth-order valence-electron chi connectivity index (χ4n) is 1.70. The first-order valence-corrected chi connectivity index (χ1v) is 4.70. The van der Waals surface area contributed by atoms with Crippen molar-refractivity contribution in [3.8, 4) is 0 Å². The molecule has 0 saturated carbocycles. The fraction of sp³-hybridized carbons (Fsp3) is 0.667. The van der Waals surface area contributed by atoms with E-state index in [9.17, 15) is 0 Å². The first-order valence-electron chi connectivity index (χ1n) is 4.70. The zero-order valence-corrected chi connectivity index (χ0v) is 7.86. The van der Waals surface area contributed by atoms with Gasteiger partial charge in [0.25, 0.3) is 0 Å². The number of piperazine rings is 1. The highest BCUT2D eigenvalue weighted by molar-refractivity contribution is 4.93. The Morgan fingerprint density at radius 1 is 1.77 bits per heavy atom. The summed E-state index contributed by atoms with van der Waals surface area (Å²) < 4.78 is 5.06. The number of rotatable bonds is 2. The molecule has 2 heterocycles. The standard InChI is InChI=1S/C9H15N3O/c1-8-6-12(5-4-10-8)7-9-2-3-11-13-9/h2-3,8,10H,4-7H2,1H3. The molecule has 1 atom stereocenters. The molecule has 0 amide bonds. The molecule has 0 aliphatic carbocycles. The number of hydrogen-bond acceptors (Lipinski definition) is 4. The first-order chi connectivity index (χ1) is 6.34. The first kappa shape index (κ1) is 8.72.